The van der Waals surface area contributed by atoms with Crippen molar-refractivity contribution in [3.63, 3.8) is 0 Å². The molecule has 0 spiro atoms. The second-order valence-electron chi connectivity index (χ2n) is 7.00. The van der Waals surface area contributed by atoms with Gasteiger partial charge in [0.1, 0.15) is 0 Å². The van der Waals surface area contributed by atoms with E-state index in [2.05, 4.69) is 20.8 Å². The van der Waals surface area contributed by atoms with Crippen LogP contribution in [-0.4, -0.2) is 41.1 Å². The summed E-state index contributed by atoms with van der Waals surface area (Å²) in [5.41, 5.74) is 6.23. The third kappa shape index (κ3) is 5.91. The van der Waals surface area contributed by atoms with E-state index in [0.717, 1.165) is 38.6 Å². The van der Waals surface area contributed by atoms with E-state index in [1.165, 1.54) is 0 Å². The van der Waals surface area contributed by atoms with Crippen LogP contribution in [0.25, 0.3) is 0 Å². The zero-order valence-corrected chi connectivity index (χ0v) is 12.7. The number of nitrogens with zero attached hydrogens (tertiary/aromatic N) is 1. The van der Waals surface area contributed by atoms with Crippen LogP contribution in [0, 0.1) is 5.41 Å². The van der Waals surface area contributed by atoms with Gasteiger partial charge in [-0.05, 0) is 24.7 Å². The van der Waals surface area contributed by atoms with Gasteiger partial charge in [0, 0.05) is 19.0 Å². The Hall–Kier alpha value is -0.610. The van der Waals surface area contributed by atoms with E-state index >= 15 is 0 Å². The molecular formula is C15H30N2O2. The van der Waals surface area contributed by atoms with Gasteiger partial charge in [0.2, 0.25) is 5.91 Å². The van der Waals surface area contributed by atoms with E-state index in [1.54, 1.807) is 0 Å². The summed E-state index contributed by atoms with van der Waals surface area (Å²) in [7, 11) is 0. The van der Waals surface area contributed by atoms with Crippen LogP contribution in [0.3, 0.4) is 0 Å². The lowest BCUT2D eigenvalue weighted by Crippen LogP contribution is -2.44. The molecule has 1 aliphatic heterocycles. The third-order valence-electron chi connectivity index (χ3n) is 3.72. The van der Waals surface area contributed by atoms with E-state index in [4.69, 9.17) is 5.73 Å². The molecule has 0 aromatic carbocycles. The molecular weight excluding hydrogens is 240 g/mol. The maximum absolute atomic E-state index is 12.4. The normalized spacial score (nSPS) is 23.0. The van der Waals surface area contributed by atoms with Gasteiger partial charge in [-0.15, -0.1) is 0 Å². The average molecular weight is 270 g/mol. The SMILES string of the molecule is CC(C)(C)CC(N)CC(=O)N1CCCCCC1CO. The topological polar surface area (TPSA) is 66.6 Å². The fourth-order valence-corrected chi connectivity index (χ4v) is 2.90. The molecule has 2 unspecified atom stereocenters. The molecule has 4 heteroatoms. The minimum absolute atomic E-state index is 0.00293. The fourth-order valence-electron chi connectivity index (χ4n) is 2.90. The molecule has 19 heavy (non-hydrogen) atoms. The molecule has 0 radical (unpaired) electrons. The number of carbonyl (C=O) groups is 1. The van der Waals surface area contributed by atoms with Gasteiger partial charge in [-0.25, -0.2) is 0 Å². The first-order valence-corrected chi connectivity index (χ1v) is 7.49. The second kappa shape index (κ2) is 7.25. The summed E-state index contributed by atoms with van der Waals surface area (Å²) in [5.74, 6) is 0.109. The Morgan fingerprint density at radius 2 is 2.05 bits per heavy atom. The van der Waals surface area contributed by atoms with Crippen LogP contribution >= 0.6 is 0 Å². The van der Waals surface area contributed by atoms with Gasteiger partial charge in [0.05, 0.1) is 12.6 Å². The average Bonchev–Trinajstić information content (AvgIpc) is 2.50. The maximum Gasteiger partial charge on any atom is 0.224 e. The van der Waals surface area contributed by atoms with E-state index in [-0.39, 0.29) is 30.0 Å². The van der Waals surface area contributed by atoms with Gasteiger partial charge in [0.15, 0.2) is 0 Å². The van der Waals surface area contributed by atoms with Crippen molar-refractivity contribution < 1.29 is 9.90 Å². The highest BCUT2D eigenvalue weighted by atomic mass is 16.3. The first kappa shape index (κ1) is 16.4. The molecule has 1 heterocycles. The van der Waals surface area contributed by atoms with E-state index < -0.39 is 0 Å². The third-order valence-corrected chi connectivity index (χ3v) is 3.72. The van der Waals surface area contributed by atoms with E-state index in [9.17, 15) is 9.90 Å². The van der Waals surface area contributed by atoms with Crippen molar-refractivity contribution in [2.75, 3.05) is 13.2 Å². The number of rotatable bonds is 4. The van der Waals surface area contributed by atoms with Crippen LogP contribution in [0.15, 0.2) is 0 Å². The molecule has 1 aliphatic rings. The summed E-state index contributed by atoms with van der Waals surface area (Å²) in [4.78, 5) is 14.2. The van der Waals surface area contributed by atoms with Crippen molar-refractivity contribution in [3.8, 4) is 0 Å². The summed E-state index contributed by atoms with van der Waals surface area (Å²) < 4.78 is 0. The summed E-state index contributed by atoms with van der Waals surface area (Å²) in [5, 5.41) is 9.43. The number of aliphatic hydroxyl groups excluding tert-OH is 1. The van der Waals surface area contributed by atoms with Crippen molar-refractivity contribution in [3.05, 3.63) is 0 Å². The van der Waals surface area contributed by atoms with Crippen LogP contribution < -0.4 is 5.73 Å². The molecule has 0 bridgehead atoms. The zero-order valence-electron chi connectivity index (χ0n) is 12.7. The molecule has 1 rings (SSSR count). The number of carbonyl (C=O) groups excluding carboxylic acids is 1. The van der Waals surface area contributed by atoms with Crippen LogP contribution in [0.2, 0.25) is 0 Å². The lowest BCUT2D eigenvalue weighted by atomic mass is 9.87. The van der Waals surface area contributed by atoms with Crippen LogP contribution in [0.5, 0.6) is 0 Å². The minimum atomic E-state index is -0.0879. The highest BCUT2D eigenvalue weighted by Crippen LogP contribution is 2.23. The lowest BCUT2D eigenvalue weighted by Gasteiger charge is -2.30. The maximum atomic E-state index is 12.4. The Labute approximate surface area is 117 Å². The van der Waals surface area contributed by atoms with Gasteiger partial charge in [0.25, 0.3) is 0 Å². The Balaban J connectivity index is 2.54. The number of nitrogens with two attached hydrogens (primary N) is 1. The zero-order chi connectivity index (χ0) is 14.5. The predicted octanol–water partition coefficient (Wildman–Crippen LogP) is 1.90. The molecule has 1 saturated heterocycles. The monoisotopic (exact) mass is 270 g/mol. The molecule has 0 aromatic heterocycles. The number of hydrogen-bond acceptors (Lipinski definition) is 3. The predicted molar refractivity (Wildman–Crippen MR) is 77.7 cm³/mol. The molecule has 1 amide bonds. The standard InChI is InChI=1S/C15H30N2O2/c1-15(2,3)10-12(16)9-14(19)17-8-6-4-5-7-13(17)11-18/h12-13,18H,4-11,16H2,1-3H3. The van der Waals surface area contributed by atoms with Crippen molar-refractivity contribution in [2.45, 2.75) is 71.4 Å². The molecule has 0 saturated carbocycles. The van der Waals surface area contributed by atoms with Crippen LogP contribution in [-0.2, 0) is 4.79 Å². The van der Waals surface area contributed by atoms with Gasteiger partial charge in [-0.1, -0.05) is 33.6 Å². The smallest absolute Gasteiger partial charge is 0.224 e. The number of amides is 1. The van der Waals surface area contributed by atoms with E-state index in [1.807, 2.05) is 4.90 Å². The Morgan fingerprint density at radius 1 is 1.37 bits per heavy atom. The summed E-state index contributed by atoms with van der Waals surface area (Å²) in [6.45, 7) is 7.26. The molecule has 0 aromatic rings. The highest BCUT2D eigenvalue weighted by Gasteiger charge is 2.27. The Kier molecular flexibility index (Phi) is 6.27. The highest BCUT2D eigenvalue weighted by molar-refractivity contribution is 5.77. The van der Waals surface area contributed by atoms with Crippen molar-refractivity contribution >= 4 is 5.91 Å². The van der Waals surface area contributed by atoms with Crippen molar-refractivity contribution in [2.24, 2.45) is 11.1 Å². The van der Waals surface area contributed by atoms with Crippen LogP contribution in [0.1, 0.15) is 59.3 Å². The first-order valence-electron chi connectivity index (χ1n) is 7.49. The van der Waals surface area contributed by atoms with Crippen molar-refractivity contribution in [1.29, 1.82) is 0 Å². The molecule has 112 valence electrons. The molecule has 1 fully saturated rings. The fraction of sp³-hybridized carbons (Fsp3) is 0.933. The van der Waals surface area contributed by atoms with Gasteiger partial charge in [-0.2, -0.15) is 0 Å². The molecule has 3 N–H and O–H groups in total. The second-order valence-corrected chi connectivity index (χ2v) is 7.00. The number of hydrogen-bond donors (Lipinski definition) is 2. The lowest BCUT2D eigenvalue weighted by molar-refractivity contribution is -0.134. The molecule has 0 aliphatic carbocycles. The quantitative estimate of drug-likeness (QED) is 0.820. The van der Waals surface area contributed by atoms with E-state index in [0.29, 0.717) is 6.42 Å². The largest absolute Gasteiger partial charge is 0.394 e. The molecule has 4 nitrogen and oxygen atoms in total. The summed E-state index contributed by atoms with van der Waals surface area (Å²) >= 11 is 0. The summed E-state index contributed by atoms with van der Waals surface area (Å²) in [6.07, 6.45) is 5.44. The Bertz CT molecular complexity index is 286. The first-order chi connectivity index (χ1) is 8.83. The Morgan fingerprint density at radius 3 is 2.63 bits per heavy atom. The van der Waals surface area contributed by atoms with Crippen LogP contribution in [0.4, 0.5) is 0 Å². The van der Waals surface area contributed by atoms with Gasteiger partial charge in [-0.3, -0.25) is 4.79 Å². The summed E-state index contributed by atoms with van der Waals surface area (Å²) in [6, 6.07) is -0.0908. The minimum Gasteiger partial charge on any atom is -0.394 e. The number of likely N-dealkylation sites (tertiary alicyclic amines) is 1. The molecule has 2 atom stereocenters. The van der Waals surface area contributed by atoms with Gasteiger partial charge >= 0.3 is 0 Å². The van der Waals surface area contributed by atoms with Gasteiger partial charge < -0.3 is 15.7 Å². The van der Waals surface area contributed by atoms with Crippen molar-refractivity contribution in [1.82, 2.24) is 4.90 Å². The number of aliphatic hydroxyl groups is 1.